The zero-order valence-electron chi connectivity index (χ0n) is 10.6. The molecular weight excluding hydrogens is 230 g/mol. The highest BCUT2D eigenvalue weighted by atomic mass is 16.5. The van der Waals surface area contributed by atoms with E-state index in [0.717, 1.165) is 0 Å². The molecule has 0 aliphatic carbocycles. The number of carbonyl (C=O) groups is 1. The topological polar surface area (TPSA) is 58.6 Å². The lowest BCUT2D eigenvalue weighted by Gasteiger charge is -2.11. The van der Waals surface area contributed by atoms with E-state index in [-0.39, 0.29) is 5.91 Å². The molecule has 0 bridgehead atoms. The number of benzene rings is 1. The van der Waals surface area contributed by atoms with Gasteiger partial charge in [0.15, 0.2) is 0 Å². The highest BCUT2D eigenvalue weighted by Gasteiger charge is 2.11. The molecule has 98 valence electrons. The molecule has 0 aromatic heterocycles. The fourth-order valence-corrected chi connectivity index (χ4v) is 1.42. The van der Waals surface area contributed by atoms with Crippen LogP contribution in [0, 0.1) is 0 Å². The van der Waals surface area contributed by atoms with Gasteiger partial charge in [0.05, 0.1) is 11.7 Å². The Morgan fingerprint density at radius 2 is 2.28 bits per heavy atom. The van der Waals surface area contributed by atoms with E-state index < -0.39 is 6.10 Å². The van der Waals surface area contributed by atoms with Crippen molar-refractivity contribution < 1.29 is 14.6 Å². The van der Waals surface area contributed by atoms with E-state index in [0.29, 0.717) is 30.9 Å². The minimum atomic E-state index is -0.419. The van der Waals surface area contributed by atoms with Crippen LogP contribution in [0.5, 0.6) is 5.75 Å². The molecule has 4 nitrogen and oxygen atoms in total. The maximum Gasteiger partial charge on any atom is 0.255 e. The van der Waals surface area contributed by atoms with Crippen molar-refractivity contribution in [1.82, 2.24) is 5.32 Å². The molecule has 1 aromatic rings. The molecule has 0 saturated carbocycles. The Bertz CT molecular complexity index is 402. The highest BCUT2D eigenvalue weighted by molar-refractivity contribution is 5.96. The Hall–Kier alpha value is -1.81. The number of carbonyl (C=O) groups excluding carboxylic acids is 1. The smallest absolute Gasteiger partial charge is 0.255 e. The first-order valence-electron chi connectivity index (χ1n) is 5.94. The average Bonchev–Trinajstić information content (AvgIpc) is 2.36. The predicted octanol–water partition coefficient (Wildman–Crippen LogP) is 1.75. The van der Waals surface area contributed by atoms with Crippen molar-refractivity contribution in [2.24, 2.45) is 0 Å². The largest absolute Gasteiger partial charge is 0.489 e. The fraction of sp³-hybridized carbons (Fsp3) is 0.357. The SMILES string of the molecule is C=CCOc1ccccc1C(=O)NCCC(C)O. The van der Waals surface area contributed by atoms with Crippen LogP contribution in [0.25, 0.3) is 0 Å². The summed E-state index contributed by atoms with van der Waals surface area (Å²) in [7, 11) is 0. The van der Waals surface area contributed by atoms with Gasteiger partial charge >= 0.3 is 0 Å². The number of para-hydroxylation sites is 1. The Morgan fingerprint density at radius 1 is 1.56 bits per heavy atom. The molecule has 1 atom stereocenters. The van der Waals surface area contributed by atoms with Gasteiger partial charge in [-0.05, 0) is 25.5 Å². The number of aliphatic hydroxyl groups excluding tert-OH is 1. The van der Waals surface area contributed by atoms with E-state index in [1.807, 2.05) is 6.07 Å². The van der Waals surface area contributed by atoms with E-state index >= 15 is 0 Å². The molecule has 2 N–H and O–H groups in total. The lowest BCUT2D eigenvalue weighted by Crippen LogP contribution is -2.27. The van der Waals surface area contributed by atoms with Crippen molar-refractivity contribution in [2.45, 2.75) is 19.4 Å². The molecule has 0 heterocycles. The lowest BCUT2D eigenvalue weighted by molar-refractivity contribution is 0.0942. The third-order valence-electron chi connectivity index (χ3n) is 2.34. The van der Waals surface area contributed by atoms with Gasteiger partial charge in [-0.2, -0.15) is 0 Å². The van der Waals surface area contributed by atoms with Crippen LogP contribution in [-0.4, -0.2) is 30.3 Å². The molecule has 1 rings (SSSR count). The van der Waals surface area contributed by atoms with Gasteiger partial charge in [0.2, 0.25) is 0 Å². The predicted molar refractivity (Wildman–Crippen MR) is 70.8 cm³/mol. The summed E-state index contributed by atoms with van der Waals surface area (Å²) < 4.78 is 5.41. The normalized spacial score (nSPS) is 11.7. The van der Waals surface area contributed by atoms with Gasteiger partial charge in [-0.3, -0.25) is 4.79 Å². The number of aliphatic hydroxyl groups is 1. The summed E-state index contributed by atoms with van der Waals surface area (Å²) in [4.78, 5) is 11.9. The molecule has 0 aliphatic rings. The molecule has 0 saturated heterocycles. The van der Waals surface area contributed by atoms with Gasteiger partial charge in [-0.15, -0.1) is 0 Å². The van der Waals surface area contributed by atoms with Crippen molar-refractivity contribution in [3.63, 3.8) is 0 Å². The van der Waals surface area contributed by atoms with Crippen LogP contribution in [0.2, 0.25) is 0 Å². The maximum atomic E-state index is 11.9. The molecular formula is C14H19NO3. The van der Waals surface area contributed by atoms with Crippen LogP contribution in [-0.2, 0) is 0 Å². The standard InChI is InChI=1S/C14H19NO3/c1-3-10-18-13-7-5-4-6-12(13)14(17)15-9-8-11(2)16/h3-7,11,16H,1,8-10H2,2H3,(H,15,17). The zero-order valence-corrected chi connectivity index (χ0v) is 10.6. The van der Waals surface area contributed by atoms with Gasteiger partial charge in [-0.25, -0.2) is 0 Å². The number of amides is 1. The number of hydrogen-bond donors (Lipinski definition) is 2. The molecule has 4 heteroatoms. The molecule has 0 radical (unpaired) electrons. The molecule has 1 aromatic carbocycles. The zero-order chi connectivity index (χ0) is 13.4. The van der Waals surface area contributed by atoms with Gasteiger partial charge in [0, 0.05) is 6.54 Å². The van der Waals surface area contributed by atoms with E-state index in [1.165, 1.54) is 0 Å². The average molecular weight is 249 g/mol. The van der Waals surface area contributed by atoms with E-state index in [1.54, 1.807) is 31.2 Å². The number of ether oxygens (including phenoxy) is 1. The van der Waals surface area contributed by atoms with E-state index in [9.17, 15) is 4.79 Å². The number of rotatable bonds is 7. The first-order valence-corrected chi connectivity index (χ1v) is 5.94. The summed E-state index contributed by atoms with van der Waals surface area (Å²) in [6, 6.07) is 7.04. The summed E-state index contributed by atoms with van der Waals surface area (Å²) in [6.07, 6.45) is 1.74. The second kappa shape index (κ2) is 7.50. The summed E-state index contributed by atoms with van der Waals surface area (Å²) >= 11 is 0. The van der Waals surface area contributed by atoms with Gasteiger partial charge in [0.1, 0.15) is 12.4 Å². The second-order valence-electron chi connectivity index (χ2n) is 3.99. The highest BCUT2D eigenvalue weighted by Crippen LogP contribution is 2.17. The number of hydrogen-bond acceptors (Lipinski definition) is 3. The Kier molecular flexibility index (Phi) is 5.94. The summed E-state index contributed by atoms with van der Waals surface area (Å²) in [6.45, 7) is 6.05. The minimum Gasteiger partial charge on any atom is -0.489 e. The Balaban J connectivity index is 2.63. The van der Waals surface area contributed by atoms with E-state index in [2.05, 4.69) is 11.9 Å². The summed E-state index contributed by atoms with van der Waals surface area (Å²) in [5, 5.41) is 11.9. The Morgan fingerprint density at radius 3 is 2.94 bits per heavy atom. The van der Waals surface area contributed by atoms with Crippen molar-refractivity contribution in [2.75, 3.05) is 13.2 Å². The van der Waals surface area contributed by atoms with Crippen molar-refractivity contribution >= 4 is 5.91 Å². The van der Waals surface area contributed by atoms with Crippen LogP contribution in [0.4, 0.5) is 0 Å². The van der Waals surface area contributed by atoms with E-state index in [4.69, 9.17) is 9.84 Å². The van der Waals surface area contributed by atoms with Crippen LogP contribution in [0.3, 0.4) is 0 Å². The molecule has 1 unspecified atom stereocenters. The first kappa shape index (κ1) is 14.3. The Labute approximate surface area is 107 Å². The fourth-order valence-electron chi connectivity index (χ4n) is 1.42. The van der Waals surface area contributed by atoms with Gasteiger partial charge in [0.25, 0.3) is 5.91 Å². The second-order valence-corrected chi connectivity index (χ2v) is 3.99. The number of nitrogens with one attached hydrogen (secondary N) is 1. The van der Waals surface area contributed by atoms with Crippen LogP contribution in [0.1, 0.15) is 23.7 Å². The van der Waals surface area contributed by atoms with Gasteiger partial charge in [-0.1, -0.05) is 24.8 Å². The molecule has 0 fully saturated rings. The minimum absolute atomic E-state index is 0.199. The van der Waals surface area contributed by atoms with Crippen molar-refractivity contribution in [3.8, 4) is 5.75 Å². The van der Waals surface area contributed by atoms with Crippen LogP contribution < -0.4 is 10.1 Å². The molecule has 18 heavy (non-hydrogen) atoms. The van der Waals surface area contributed by atoms with Crippen LogP contribution in [0.15, 0.2) is 36.9 Å². The quantitative estimate of drug-likeness (QED) is 0.724. The van der Waals surface area contributed by atoms with Gasteiger partial charge < -0.3 is 15.2 Å². The lowest BCUT2D eigenvalue weighted by atomic mass is 10.2. The summed E-state index contributed by atoms with van der Waals surface area (Å²) in [5.74, 6) is 0.335. The third kappa shape index (κ3) is 4.59. The molecule has 1 amide bonds. The summed E-state index contributed by atoms with van der Waals surface area (Å²) in [5.41, 5.74) is 0.491. The van der Waals surface area contributed by atoms with Crippen molar-refractivity contribution in [1.29, 1.82) is 0 Å². The molecule has 0 spiro atoms. The third-order valence-corrected chi connectivity index (χ3v) is 2.34. The van der Waals surface area contributed by atoms with Crippen LogP contribution >= 0.6 is 0 Å². The van der Waals surface area contributed by atoms with Crippen molar-refractivity contribution in [3.05, 3.63) is 42.5 Å². The first-order chi connectivity index (χ1) is 8.65. The monoisotopic (exact) mass is 249 g/mol. The molecule has 0 aliphatic heterocycles. The maximum absolute atomic E-state index is 11.9.